The van der Waals surface area contributed by atoms with E-state index >= 15 is 0 Å². The Labute approximate surface area is 132 Å². The van der Waals surface area contributed by atoms with Crippen molar-refractivity contribution in [3.63, 3.8) is 0 Å². The van der Waals surface area contributed by atoms with Crippen molar-refractivity contribution in [2.75, 3.05) is 5.32 Å². The van der Waals surface area contributed by atoms with Gasteiger partial charge in [-0.3, -0.25) is 10.1 Å². The van der Waals surface area contributed by atoms with E-state index in [1.807, 2.05) is 55.6 Å². The number of pyridine rings is 1. The van der Waals surface area contributed by atoms with Gasteiger partial charge in [-0.15, -0.1) is 11.3 Å². The van der Waals surface area contributed by atoms with Crippen LogP contribution in [0.15, 0.2) is 47.8 Å². The molecule has 0 spiro atoms. The van der Waals surface area contributed by atoms with Gasteiger partial charge in [0.1, 0.15) is 5.69 Å². The van der Waals surface area contributed by atoms with Crippen molar-refractivity contribution in [3.8, 4) is 11.3 Å². The van der Waals surface area contributed by atoms with Gasteiger partial charge in [-0.05, 0) is 26.0 Å². The summed E-state index contributed by atoms with van der Waals surface area (Å²) in [6, 6.07) is 13.5. The van der Waals surface area contributed by atoms with Crippen LogP contribution in [-0.2, 0) is 0 Å². The van der Waals surface area contributed by atoms with Crippen molar-refractivity contribution in [1.82, 2.24) is 9.97 Å². The van der Waals surface area contributed by atoms with E-state index < -0.39 is 0 Å². The molecule has 0 atom stereocenters. The molecule has 3 aromatic rings. The lowest BCUT2D eigenvalue weighted by molar-refractivity contribution is 0.102. The van der Waals surface area contributed by atoms with Gasteiger partial charge in [0.2, 0.25) is 0 Å². The topological polar surface area (TPSA) is 54.9 Å². The highest BCUT2D eigenvalue weighted by Crippen LogP contribution is 2.25. The third-order valence-corrected chi connectivity index (χ3v) is 3.95. The number of anilines is 1. The fraction of sp³-hybridized carbons (Fsp3) is 0.118. The molecule has 0 bridgehead atoms. The molecule has 1 amide bonds. The summed E-state index contributed by atoms with van der Waals surface area (Å²) in [6.45, 7) is 3.90. The molecule has 0 aliphatic rings. The summed E-state index contributed by atoms with van der Waals surface area (Å²) < 4.78 is 0. The van der Waals surface area contributed by atoms with E-state index in [0.29, 0.717) is 10.8 Å². The number of hydrogen-bond acceptors (Lipinski definition) is 4. The summed E-state index contributed by atoms with van der Waals surface area (Å²) in [5.41, 5.74) is 4.31. The van der Waals surface area contributed by atoms with Gasteiger partial charge in [-0.2, -0.15) is 0 Å². The van der Waals surface area contributed by atoms with E-state index in [9.17, 15) is 4.79 Å². The molecule has 0 radical (unpaired) electrons. The minimum Gasteiger partial charge on any atom is -0.296 e. The second-order valence-electron chi connectivity index (χ2n) is 5.02. The number of aryl methyl sites for hydroxylation is 2. The van der Waals surface area contributed by atoms with E-state index in [0.717, 1.165) is 17.0 Å². The van der Waals surface area contributed by atoms with Gasteiger partial charge in [0.15, 0.2) is 5.13 Å². The standard InChI is InChI=1S/C17H15N3OS/c1-11-6-8-13(9-7-11)15-10-22-17(19-15)20-16(21)14-5-3-4-12(2)18-14/h3-10H,1-2H3,(H,19,20,21). The highest BCUT2D eigenvalue weighted by Gasteiger charge is 2.11. The lowest BCUT2D eigenvalue weighted by atomic mass is 10.1. The zero-order chi connectivity index (χ0) is 15.5. The summed E-state index contributed by atoms with van der Waals surface area (Å²) in [4.78, 5) is 20.8. The van der Waals surface area contributed by atoms with Crippen LogP contribution >= 0.6 is 11.3 Å². The van der Waals surface area contributed by atoms with Crippen LogP contribution in [0.4, 0.5) is 5.13 Å². The zero-order valence-electron chi connectivity index (χ0n) is 12.3. The molecule has 0 unspecified atom stereocenters. The third-order valence-electron chi connectivity index (χ3n) is 3.19. The van der Waals surface area contributed by atoms with Crippen LogP contribution < -0.4 is 5.32 Å². The Morgan fingerprint density at radius 2 is 1.82 bits per heavy atom. The summed E-state index contributed by atoms with van der Waals surface area (Å²) in [6.07, 6.45) is 0. The van der Waals surface area contributed by atoms with Crippen LogP contribution in [0.1, 0.15) is 21.7 Å². The number of aromatic nitrogens is 2. The smallest absolute Gasteiger partial charge is 0.276 e. The monoisotopic (exact) mass is 309 g/mol. The molecule has 0 saturated heterocycles. The number of carbonyl (C=O) groups excluding carboxylic acids is 1. The normalized spacial score (nSPS) is 10.5. The third kappa shape index (κ3) is 3.20. The Hall–Kier alpha value is -2.53. The summed E-state index contributed by atoms with van der Waals surface area (Å²) in [5.74, 6) is -0.242. The van der Waals surface area contributed by atoms with E-state index in [-0.39, 0.29) is 5.91 Å². The van der Waals surface area contributed by atoms with Crippen molar-refractivity contribution < 1.29 is 4.79 Å². The molecule has 0 aliphatic carbocycles. The van der Waals surface area contributed by atoms with Crippen LogP contribution in [0.3, 0.4) is 0 Å². The number of amides is 1. The van der Waals surface area contributed by atoms with Crippen LogP contribution in [0.2, 0.25) is 0 Å². The highest BCUT2D eigenvalue weighted by atomic mass is 32.1. The van der Waals surface area contributed by atoms with Gasteiger partial charge in [0, 0.05) is 16.6 Å². The molecule has 110 valence electrons. The van der Waals surface area contributed by atoms with Crippen LogP contribution in [-0.4, -0.2) is 15.9 Å². The molecule has 0 fully saturated rings. The number of hydrogen-bond donors (Lipinski definition) is 1. The van der Waals surface area contributed by atoms with Gasteiger partial charge >= 0.3 is 0 Å². The summed E-state index contributed by atoms with van der Waals surface area (Å²) in [5, 5.41) is 5.30. The number of thiazole rings is 1. The molecule has 0 aliphatic heterocycles. The first-order valence-electron chi connectivity index (χ1n) is 6.89. The SMILES string of the molecule is Cc1ccc(-c2csc(NC(=O)c3cccc(C)n3)n2)cc1. The maximum Gasteiger partial charge on any atom is 0.276 e. The average molecular weight is 309 g/mol. The Morgan fingerprint density at radius 1 is 1.05 bits per heavy atom. The highest BCUT2D eigenvalue weighted by molar-refractivity contribution is 7.14. The maximum absolute atomic E-state index is 12.1. The fourth-order valence-electron chi connectivity index (χ4n) is 2.02. The number of carbonyl (C=O) groups is 1. The van der Waals surface area contributed by atoms with Gasteiger partial charge in [-0.25, -0.2) is 9.97 Å². The van der Waals surface area contributed by atoms with Crippen LogP contribution in [0, 0.1) is 13.8 Å². The molecular weight excluding hydrogens is 294 g/mol. The minimum absolute atomic E-state index is 0.242. The quantitative estimate of drug-likeness (QED) is 0.793. The van der Waals surface area contributed by atoms with Gasteiger partial charge < -0.3 is 0 Å². The predicted molar refractivity (Wildman–Crippen MR) is 89.2 cm³/mol. The molecule has 2 aromatic heterocycles. The van der Waals surface area contributed by atoms with Crippen molar-refractivity contribution >= 4 is 22.4 Å². The first kappa shape index (κ1) is 14.4. The van der Waals surface area contributed by atoms with Gasteiger partial charge in [0.25, 0.3) is 5.91 Å². The Balaban J connectivity index is 1.77. The number of nitrogens with zero attached hydrogens (tertiary/aromatic N) is 2. The second-order valence-corrected chi connectivity index (χ2v) is 5.88. The van der Waals surface area contributed by atoms with Gasteiger partial charge in [-0.1, -0.05) is 35.9 Å². The Morgan fingerprint density at radius 3 is 2.55 bits per heavy atom. The Kier molecular flexibility index (Phi) is 3.98. The molecule has 1 N–H and O–H groups in total. The second kappa shape index (κ2) is 6.07. The van der Waals surface area contributed by atoms with Crippen LogP contribution in [0.5, 0.6) is 0 Å². The molecule has 4 nitrogen and oxygen atoms in total. The lowest BCUT2D eigenvalue weighted by Gasteiger charge is -2.01. The number of rotatable bonds is 3. The summed E-state index contributed by atoms with van der Waals surface area (Å²) in [7, 11) is 0. The minimum atomic E-state index is -0.242. The first-order chi connectivity index (χ1) is 10.6. The van der Waals surface area contributed by atoms with Gasteiger partial charge in [0.05, 0.1) is 5.69 Å². The molecule has 5 heteroatoms. The average Bonchev–Trinajstić information content (AvgIpc) is 2.96. The van der Waals surface area contributed by atoms with E-state index in [4.69, 9.17) is 0 Å². The van der Waals surface area contributed by atoms with E-state index in [1.54, 1.807) is 6.07 Å². The van der Waals surface area contributed by atoms with Crippen molar-refractivity contribution in [3.05, 3.63) is 64.8 Å². The predicted octanol–water partition coefficient (Wildman–Crippen LogP) is 4.07. The molecule has 1 aromatic carbocycles. The Bertz CT molecular complexity index is 809. The number of benzene rings is 1. The van der Waals surface area contributed by atoms with E-state index in [2.05, 4.69) is 15.3 Å². The van der Waals surface area contributed by atoms with E-state index in [1.165, 1.54) is 16.9 Å². The molecule has 3 rings (SSSR count). The summed E-state index contributed by atoms with van der Waals surface area (Å²) >= 11 is 1.40. The maximum atomic E-state index is 12.1. The zero-order valence-corrected chi connectivity index (χ0v) is 13.1. The molecule has 22 heavy (non-hydrogen) atoms. The van der Waals surface area contributed by atoms with Crippen molar-refractivity contribution in [1.29, 1.82) is 0 Å². The van der Waals surface area contributed by atoms with Crippen LogP contribution in [0.25, 0.3) is 11.3 Å². The number of nitrogens with one attached hydrogen (secondary N) is 1. The largest absolute Gasteiger partial charge is 0.296 e. The fourth-order valence-corrected chi connectivity index (χ4v) is 2.73. The molecule has 0 saturated carbocycles. The lowest BCUT2D eigenvalue weighted by Crippen LogP contribution is -2.13. The first-order valence-corrected chi connectivity index (χ1v) is 7.77. The van der Waals surface area contributed by atoms with Crippen molar-refractivity contribution in [2.24, 2.45) is 0 Å². The van der Waals surface area contributed by atoms with Crippen molar-refractivity contribution in [2.45, 2.75) is 13.8 Å². The molecular formula is C17H15N3OS. The molecule has 2 heterocycles.